The predicted octanol–water partition coefficient (Wildman–Crippen LogP) is -2.63. The monoisotopic (exact) mass is 806 g/mol. The van der Waals surface area contributed by atoms with Gasteiger partial charge in [-0.1, -0.05) is 18.2 Å². The van der Waals surface area contributed by atoms with E-state index in [1.807, 2.05) is 0 Å². The number of hydrogen-bond donors (Lipinski definition) is 9. The Bertz CT molecular complexity index is 1720. The van der Waals surface area contributed by atoms with Gasteiger partial charge in [-0.15, -0.1) is 0 Å². The Labute approximate surface area is 325 Å². The number of ether oxygens (including phenoxy) is 8. The minimum Gasteiger partial charge on any atom is -0.472 e. The first-order chi connectivity index (χ1) is 27.4. The smallest absolute Gasteiger partial charge is 0.338 e. The van der Waals surface area contributed by atoms with Crippen LogP contribution in [0.5, 0.6) is 0 Å². The van der Waals surface area contributed by atoms with Gasteiger partial charge in [-0.25, -0.2) is 9.59 Å². The summed E-state index contributed by atoms with van der Waals surface area (Å²) >= 11 is 0. The van der Waals surface area contributed by atoms with Crippen molar-refractivity contribution in [2.75, 3.05) is 26.4 Å². The van der Waals surface area contributed by atoms with Gasteiger partial charge in [0, 0.05) is 17.4 Å². The average Bonchev–Trinajstić information content (AvgIpc) is 3.82. The van der Waals surface area contributed by atoms with Crippen LogP contribution in [0.1, 0.15) is 23.2 Å². The lowest BCUT2D eigenvalue weighted by Crippen LogP contribution is -2.60. The summed E-state index contributed by atoms with van der Waals surface area (Å²) in [6, 6.07) is 8.22. The fourth-order valence-electron chi connectivity index (χ4n) is 8.03. The highest BCUT2D eigenvalue weighted by Crippen LogP contribution is 2.46. The fourth-order valence-corrected chi connectivity index (χ4v) is 8.03. The number of esters is 2. The number of benzene rings is 1. The summed E-state index contributed by atoms with van der Waals surface area (Å²) in [5, 5.41) is 91.8. The highest BCUT2D eigenvalue weighted by atomic mass is 16.8. The van der Waals surface area contributed by atoms with Gasteiger partial charge in [0.25, 0.3) is 0 Å². The number of carbonyl (C=O) groups is 2. The molecule has 0 spiro atoms. The second-order valence-corrected chi connectivity index (χ2v) is 14.5. The Balaban J connectivity index is 1.11. The highest BCUT2D eigenvalue weighted by Gasteiger charge is 2.52. The van der Waals surface area contributed by atoms with E-state index in [9.17, 15) is 55.5 Å². The van der Waals surface area contributed by atoms with E-state index in [1.54, 1.807) is 42.5 Å². The maximum absolute atomic E-state index is 14.0. The van der Waals surface area contributed by atoms with Crippen LogP contribution in [-0.4, -0.2) is 164 Å². The Kier molecular flexibility index (Phi) is 12.8. The molecule has 0 bridgehead atoms. The van der Waals surface area contributed by atoms with Crippen molar-refractivity contribution in [3.05, 3.63) is 82.9 Å². The van der Waals surface area contributed by atoms with Gasteiger partial charge in [0.1, 0.15) is 61.5 Å². The zero-order valence-corrected chi connectivity index (χ0v) is 30.3. The van der Waals surface area contributed by atoms with Crippen molar-refractivity contribution in [3.8, 4) is 0 Å². The summed E-state index contributed by atoms with van der Waals surface area (Å²) in [6.45, 7) is -2.09. The van der Waals surface area contributed by atoms with Crippen molar-refractivity contribution in [3.63, 3.8) is 0 Å². The summed E-state index contributed by atoms with van der Waals surface area (Å²) in [4.78, 5) is 27.0. The van der Waals surface area contributed by atoms with E-state index in [0.717, 1.165) is 6.26 Å². The van der Waals surface area contributed by atoms with Gasteiger partial charge in [-0.3, -0.25) is 0 Å². The van der Waals surface area contributed by atoms with Crippen LogP contribution in [0.4, 0.5) is 0 Å². The van der Waals surface area contributed by atoms with Crippen LogP contribution in [0, 0.1) is 17.8 Å². The average molecular weight is 807 g/mol. The number of fused-ring (bicyclic) bond motifs is 2. The first-order valence-electron chi connectivity index (χ1n) is 18.5. The molecule has 0 amide bonds. The largest absolute Gasteiger partial charge is 0.472 e. The molecule has 4 aliphatic heterocycles. The molecule has 0 aromatic heterocycles. The molecule has 0 saturated carbocycles. The summed E-state index contributed by atoms with van der Waals surface area (Å²) in [6.07, 6.45) is -13.1. The van der Waals surface area contributed by atoms with Crippen LogP contribution in [0.25, 0.3) is 0 Å². The number of aliphatic hydroxyl groups is 9. The van der Waals surface area contributed by atoms with Crippen molar-refractivity contribution < 1.29 is 93.4 Å². The molecular weight excluding hydrogens is 760 g/mol. The lowest BCUT2D eigenvalue weighted by molar-refractivity contribution is -0.339. The van der Waals surface area contributed by atoms with Crippen molar-refractivity contribution in [1.29, 1.82) is 0 Å². The summed E-state index contributed by atoms with van der Waals surface area (Å²) in [7, 11) is 0. The molecule has 2 saturated heterocycles. The molecule has 16 atom stereocenters. The topological polar surface area (TPSA) is 290 Å². The minimum absolute atomic E-state index is 0.0705. The molecular formula is C38H46O19. The van der Waals surface area contributed by atoms with Crippen molar-refractivity contribution >= 4 is 11.9 Å². The van der Waals surface area contributed by atoms with Gasteiger partial charge >= 0.3 is 11.9 Å². The van der Waals surface area contributed by atoms with Crippen LogP contribution >= 0.6 is 0 Å². The Morgan fingerprint density at radius 1 is 0.754 bits per heavy atom. The Morgan fingerprint density at radius 3 is 2.04 bits per heavy atom. The molecule has 2 fully saturated rings. The SMILES string of the molecule is O=C(O[C@@H]1C=C(COC(=O)c2ccccc2)[C@@H]2[C@H](O[C@@H]3O[C@H](CO)[C@@H](O)[C@H](O)[C@H]3O)OC=C[C@@H]21)C1=CO[C@@H](O[C@@H]2O[C@H](CO)[C@@H](O)[C@H](O)[C@H]2O)C2=C(CO)CC[C@H]12. The lowest BCUT2D eigenvalue weighted by Gasteiger charge is -2.42. The van der Waals surface area contributed by atoms with Crippen LogP contribution in [-0.2, 0) is 42.7 Å². The van der Waals surface area contributed by atoms with Gasteiger partial charge in [-0.2, -0.15) is 0 Å². The van der Waals surface area contributed by atoms with E-state index in [-0.39, 0.29) is 17.7 Å². The summed E-state index contributed by atoms with van der Waals surface area (Å²) < 4.78 is 46.2. The fraction of sp³-hybridized carbons (Fsp3) is 0.579. The number of aliphatic hydroxyl groups excluding tert-OH is 9. The molecule has 9 N–H and O–H groups in total. The maximum Gasteiger partial charge on any atom is 0.338 e. The van der Waals surface area contributed by atoms with E-state index in [0.29, 0.717) is 29.6 Å². The van der Waals surface area contributed by atoms with Crippen LogP contribution < -0.4 is 0 Å². The Hall–Kier alpha value is -3.80. The molecule has 6 aliphatic rings. The maximum atomic E-state index is 14.0. The second-order valence-electron chi connectivity index (χ2n) is 14.5. The molecule has 0 unspecified atom stereocenters. The number of rotatable bonds is 12. The molecule has 19 heteroatoms. The molecule has 2 aliphatic carbocycles. The van der Waals surface area contributed by atoms with Gasteiger partial charge in [0.2, 0.25) is 12.6 Å². The zero-order valence-electron chi connectivity index (χ0n) is 30.3. The third-order valence-corrected chi connectivity index (χ3v) is 11.1. The zero-order chi connectivity index (χ0) is 40.5. The van der Waals surface area contributed by atoms with E-state index in [4.69, 9.17) is 37.9 Å². The number of hydrogen-bond acceptors (Lipinski definition) is 19. The predicted molar refractivity (Wildman–Crippen MR) is 185 cm³/mol. The van der Waals surface area contributed by atoms with E-state index >= 15 is 0 Å². The molecule has 57 heavy (non-hydrogen) atoms. The Morgan fingerprint density at radius 2 is 1.40 bits per heavy atom. The first kappa shape index (κ1) is 41.4. The van der Waals surface area contributed by atoms with Gasteiger partial charge in [0.05, 0.1) is 49.4 Å². The van der Waals surface area contributed by atoms with Gasteiger partial charge in [-0.05, 0) is 48.3 Å². The lowest BCUT2D eigenvalue weighted by atomic mass is 9.87. The third-order valence-electron chi connectivity index (χ3n) is 11.1. The first-order valence-corrected chi connectivity index (χ1v) is 18.5. The number of carbonyl (C=O) groups excluding carboxylic acids is 2. The molecule has 4 heterocycles. The highest BCUT2D eigenvalue weighted by molar-refractivity contribution is 5.90. The summed E-state index contributed by atoms with van der Waals surface area (Å²) in [5.74, 6) is -3.64. The van der Waals surface area contributed by atoms with E-state index in [2.05, 4.69) is 0 Å². The van der Waals surface area contributed by atoms with E-state index < -0.39 is 130 Å². The molecule has 7 rings (SSSR count). The van der Waals surface area contributed by atoms with Crippen molar-refractivity contribution in [2.45, 2.75) is 92.9 Å². The molecule has 312 valence electrons. The van der Waals surface area contributed by atoms with Crippen LogP contribution in [0.3, 0.4) is 0 Å². The standard InChI is InChI=1S/C38H46O19/c39-11-17-6-7-19-21(15-52-36(25(17)19)57-38-32(47)30(45)28(43)24(13-41)55-38)34(49)53-22-10-18(14-51-33(48)16-4-2-1-3-5-16)26-20(22)8-9-50-35(26)56-37-31(46)29(44)27(42)23(12-40)54-37/h1-5,8-10,15,19-20,22-24,26-32,35-47H,6-7,11-14H2/t19-,20-,22-,23-,24-,26+,27-,28-,29+,30+,31-,32-,35+,36+,37+,38+/m1/s1. The normalized spacial score (nSPS) is 39.9. The van der Waals surface area contributed by atoms with Gasteiger partial charge < -0.3 is 83.9 Å². The molecule has 1 aromatic rings. The molecule has 19 nitrogen and oxygen atoms in total. The van der Waals surface area contributed by atoms with Gasteiger partial charge in [0.15, 0.2) is 12.6 Å². The third kappa shape index (κ3) is 8.13. The van der Waals surface area contributed by atoms with Crippen LogP contribution in [0.15, 0.2) is 77.3 Å². The van der Waals surface area contributed by atoms with Crippen LogP contribution in [0.2, 0.25) is 0 Å². The molecule has 1 aromatic carbocycles. The van der Waals surface area contributed by atoms with E-state index in [1.165, 1.54) is 6.26 Å². The molecule has 0 radical (unpaired) electrons. The van der Waals surface area contributed by atoms with Crippen molar-refractivity contribution in [2.24, 2.45) is 17.8 Å². The quantitative estimate of drug-likeness (QED) is 0.0771. The summed E-state index contributed by atoms with van der Waals surface area (Å²) in [5.41, 5.74) is 1.63. The minimum atomic E-state index is -1.75. The second kappa shape index (κ2) is 17.6. The van der Waals surface area contributed by atoms with Crippen molar-refractivity contribution in [1.82, 2.24) is 0 Å².